The zero-order valence-corrected chi connectivity index (χ0v) is 20.4. The Labute approximate surface area is 205 Å². The molecule has 0 aliphatic carbocycles. The highest BCUT2D eigenvalue weighted by atomic mass is 32.2. The smallest absolute Gasteiger partial charge is 0.294 e. The summed E-state index contributed by atoms with van der Waals surface area (Å²) in [5.74, 6) is -2.35. The summed E-state index contributed by atoms with van der Waals surface area (Å²) in [6.45, 7) is 5.85. The van der Waals surface area contributed by atoms with Gasteiger partial charge in [-0.05, 0) is 46.9 Å². The number of ketones is 1. The van der Waals surface area contributed by atoms with E-state index >= 15 is 0 Å². The number of nitrogens with zero attached hydrogens (tertiary/aromatic N) is 2. The van der Waals surface area contributed by atoms with Crippen LogP contribution in [0, 0.1) is 5.82 Å². The maximum Gasteiger partial charge on any atom is 0.417 e. The molecule has 1 heterocycles. The molecule has 0 aliphatic rings. The van der Waals surface area contributed by atoms with Crippen LogP contribution in [0.15, 0.2) is 71.8 Å². The van der Waals surface area contributed by atoms with Crippen LogP contribution in [0.25, 0.3) is 10.9 Å². The minimum atomic E-state index is -4.91. The Morgan fingerprint density at radius 3 is 2.33 bits per heavy atom. The second-order valence-electron chi connectivity index (χ2n) is 9.42. The van der Waals surface area contributed by atoms with Crippen LogP contribution in [0.4, 0.5) is 17.6 Å². The lowest BCUT2D eigenvalue weighted by atomic mass is 9.87. The number of alkyl halides is 3. The van der Waals surface area contributed by atoms with Crippen molar-refractivity contribution < 1.29 is 30.8 Å². The van der Waals surface area contributed by atoms with Gasteiger partial charge >= 0.3 is 6.18 Å². The van der Waals surface area contributed by atoms with E-state index in [0.717, 1.165) is 21.8 Å². The van der Waals surface area contributed by atoms with Crippen molar-refractivity contribution in [2.24, 2.45) is 0 Å². The molecule has 0 spiro atoms. The van der Waals surface area contributed by atoms with Gasteiger partial charge in [0.05, 0.1) is 27.7 Å². The summed E-state index contributed by atoms with van der Waals surface area (Å²) < 4.78 is 81.9. The van der Waals surface area contributed by atoms with Gasteiger partial charge in [-0.15, -0.1) is 0 Å². The first-order valence-electron chi connectivity index (χ1n) is 10.9. The van der Waals surface area contributed by atoms with Gasteiger partial charge in [0.2, 0.25) is 0 Å². The maximum atomic E-state index is 14.2. The molecule has 5 nitrogen and oxygen atoms in total. The summed E-state index contributed by atoms with van der Waals surface area (Å²) in [7, 11) is -4.12. The minimum Gasteiger partial charge on any atom is -0.294 e. The quantitative estimate of drug-likeness (QED) is 0.235. The van der Waals surface area contributed by atoms with Crippen molar-refractivity contribution in [2.75, 3.05) is 0 Å². The van der Waals surface area contributed by atoms with Gasteiger partial charge in [0.1, 0.15) is 5.82 Å². The monoisotopic (exact) mass is 518 g/mol. The third-order valence-electron chi connectivity index (χ3n) is 5.79. The van der Waals surface area contributed by atoms with Crippen LogP contribution in [0.1, 0.15) is 47.8 Å². The topological polar surface area (TPSA) is 69.0 Å². The van der Waals surface area contributed by atoms with Crippen LogP contribution in [-0.2, 0) is 28.0 Å². The molecule has 4 aromatic rings. The van der Waals surface area contributed by atoms with E-state index in [2.05, 4.69) is 5.10 Å². The normalized spacial score (nSPS) is 12.8. The number of halogens is 4. The van der Waals surface area contributed by atoms with Crippen LogP contribution in [0.3, 0.4) is 0 Å². The summed E-state index contributed by atoms with van der Waals surface area (Å²) in [5, 5.41) is 4.46. The molecule has 0 atom stereocenters. The lowest BCUT2D eigenvalue weighted by molar-refractivity contribution is -0.138. The first-order valence-corrected chi connectivity index (χ1v) is 12.4. The van der Waals surface area contributed by atoms with E-state index in [4.69, 9.17) is 0 Å². The molecule has 0 unspecified atom stereocenters. The van der Waals surface area contributed by atoms with E-state index in [1.54, 1.807) is 12.1 Å². The fraction of sp³-hybridized carbons (Fsp3) is 0.231. The highest BCUT2D eigenvalue weighted by molar-refractivity contribution is 7.90. The highest BCUT2D eigenvalue weighted by Gasteiger charge is 2.36. The van der Waals surface area contributed by atoms with Crippen molar-refractivity contribution in [2.45, 2.75) is 43.7 Å². The number of carbonyl (C=O) groups excluding carboxylic acids is 1. The molecule has 0 N–H and O–H groups in total. The third kappa shape index (κ3) is 4.77. The molecule has 0 amide bonds. The average Bonchev–Trinajstić information content (AvgIpc) is 3.22. The Balaban J connectivity index is 1.74. The van der Waals surface area contributed by atoms with Crippen LogP contribution in [0.2, 0.25) is 0 Å². The highest BCUT2D eigenvalue weighted by Crippen LogP contribution is 2.34. The molecule has 3 aromatic carbocycles. The third-order valence-corrected chi connectivity index (χ3v) is 7.39. The fourth-order valence-electron chi connectivity index (χ4n) is 3.88. The lowest BCUT2D eigenvalue weighted by Crippen LogP contribution is -2.17. The Morgan fingerprint density at radius 1 is 0.972 bits per heavy atom. The standard InChI is InChI=1S/C26H22F4N2O3S/c1-25(2,3)18-6-4-7-19(14-18)36(34,35)32-22-12-16(10-11-17(22)15-31-32)13-23(33)24-20(26(28,29)30)8-5-9-21(24)27/h4-12,14-15H,13H2,1-3H3. The van der Waals surface area contributed by atoms with Crippen molar-refractivity contribution in [3.63, 3.8) is 0 Å². The first kappa shape index (κ1) is 25.6. The second kappa shape index (κ2) is 8.85. The van der Waals surface area contributed by atoms with Crippen LogP contribution >= 0.6 is 0 Å². The molecule has 4 rings (SSSR count). The van der Waals surface area contributed by atoms with Crippen molar-refractivity contribution in [1.82, 2.24) is 9.19 Å². The van der Waals surface area contributed by atoms with Gasteiger partial charge in [-0.25, -0.2) is 4.39 Å². The van der Waals surface area contributed by atoms with Gasteiger partial charge in [-0.3, -0.25) is 4.79 Å². The Morgan fingerprint density at radius 2 is 1.67 bits per heavy atom. The predicted octanol–water partition coefficient (Wildman–Crippen LogP) is 6.15. The minimum absolute atomic E-state index is 0.0163. The Hall–Kier alpha value is -3.53. The summed E-state index contributed by atoms with van der Waals surface area (Å²) >= 11 is 0. The molecule has 0 radical (unpaired) electrons. The summed E-state index contributed by atoms with van der Waals surface area (Å²) in [6, 6.07) is 13.1. The number of carbonyl (C=O) groups is 1. The van der Waals surface area contributed by atoms with Crippen molar-refractivity contribution in [1.29, 1.82) is 0 Å². The number of Topliss-reactive ketones (excluding diaryl/α,β-unsaturated/α-hetero) is 1. The summed E-state index contributed by atoms with van der Waals surface area (Å²) in [6.07, 6.45) is -4.14. The van der Waals surface area contributed by atoms with Crippen molar-refractivity contribution in [3.05, 3.63) is 94.9 Å². The molecule has 0 fully saturated rings. The van der Waals surface area contributed by atoms with Crippen LogP contribution in [0.5, 0.6) is 0 Å². The molecule has 36 heavy (non-hydrogen) atoms. The van der Waals surface area contributed by atoms with E-state index in [9.17, 15) is 30.8 Å². The van der Waals surface area contributed by atoms with E-state index in [-0.39, 0.29) is 21.4 Å². The molecule has 0 bridgehead atoms. The number of aromatic nitrogens is 2. The van der Waals surface area contributed by atoms with Crippen LogP contribution in [-0.4, -0.2) is 23.4 Å². The van der Waals surface area contributed by atoms with E-state index in [1.807, 2.05) is 26.8 Å². The van der Waals surface area contributed by atoms with Crippen molar-refractivity contribution in [3.8, 4) is 0 Å². The zero-order chi connectivity index (χ0) is 26.5. The van der Waals surface area contributed by atoms with Gasteiger partial charge in [-0.1, -0.05) is 51.1 Å². The number of rotatable bonds is 5. The summed E-state index contributed by atoms with van der Waals surface area (Å²) in [4.78, 5) is 12.7. The van der Waals surface area contributed by atoms with Crippen molar-refractivity contribution >= 4 is 26.7 Å². The van der Waals surface area contributed by atoms with Gasteiger partial charge in [-0.2, -0.15) is 30.8 Å². The molecular formula is C26H22F4N2O3S. The maximum absolute atomic E-state index is 14.2. The molecule has 10 heteroatoms. The van der Waals surface area contributed by atoms with E-state index in [1.165, 1.54) is 30.5 Å². The summed E-state index contributed by atoms with van der Waals surface area (Å²) in [5.41, 5.74) is -1.55. The number of fused-ring (bicyclic) bond motifs is 1. The SMILES string of the molecule is CC(C)(C)c1cccc(S(=O)(=O)n2ncc3ccc(CC(=O)c4c(F)cccc4C(F)(F)F)cc32)c1. The predicted molar refractivity (Wildman–Crippen MR) is 127 cm³/mol. The van der Waals surface area contributed by atoms with Gasteiger partial charge in [0.25, 0.3) is 10.0 Å². The number of hydrogen-bond donors (Lipinski definition) is 0. The molecule has 0 saturated carbocycles. The molecule has 188 valence electrons. The Kier molecular flexibility index (Phi) is 6.28. The largest absolute Gasteiger partial charge is 0.417 e. The lowest BCUT2D eigenvalue weighted by Gasteiger charge is -2.19. The van der Waals surface area contributed by atoms with Crippen LogP contribution < -0.4 is 0 Å². The number of hydrogen-bond acceptors (Lipinski definition) is 4. The Bertz CT molecular complexity index is 1580. The second-order valence-corrected chi connectivity index (χ2v) is 11.2. The molecule has 0 saturated heterocycles. The number of benzene rings is 3. The van der Waals surface area contributed by atoms with Gasteiger partial charge in [0, 0.05) is 11.8 Å². The van der Waals surface area contributed by atoms with Gasteiger partial charge < -0.3 is 0 Å². The van der Waals surface area contributed by atoms with E-state index < -0.39 is 45.3 Å². The average molecular weight is 519 g/mol. The van der Waals surface area contributed by atoms with Gasteiger partial charge in [0.15, 0.2) is 5.78 Å². The molecular weight excluding hydrogens is 496 g/mol. The molecule has 1 aromatic heterocycles. The zero-order valence-electron chi connectivity index (χ0n) is 19.6. The first-order chi connectivity index (χ1) is 16.7. The fourth-order valence-corrected chi connectivity index (χ4v) is 5.20. The molecule has 0 aliphatic heterocycles. The van der Waals surface area contributed by atoms with E-state index in [0.29, 0.717) is 11.5 Å².